The highest BCUT2D eigenvalue weighted by Crippen LogP contribution is 2.30. The van der Waals surface area contributed by atoms with Crippen molar-refractivity contribution in [3.05, 3.63) is 23.3 Å². The fraction of sp³-hybridized carbons (Fsp3) is 0.500. The van der Waals surface area contributed by atoms with Gasteiger partial charge in [-0.3, -0.25) is 0 Å². The summed E-state index contributed by atoms with van der Waals surface area (Å²) in [7, 11) is -1.90. The quantitative estimate of drug-likeness (QED) is 0.765. The molecule has 0 bridgehead atoms. The third-order valence-electron chi connectivity index (χ3n) is 2.93. The van der Waals surface area contributed by atoms with Crippen molar-refractivity contribution in [2.24, 2.45) is 0 Å². The van der Waals surface area contributed by atoms with Crippen molar-refractivity contribution >= 4 is 10.2 Å². The Morgan fingerprint density at radius 3 is 2.78 bits per heavy atom. The minimum absolute atomic E-state index is 0.125. The van der Waals surface area contributed by atoms with E-state index in [9.17, 15) is 12.3 Å². The van der Waals surface area contributed by atoms with Crippen LogP contribution < -0.4 is 4.74 Å². The van der Waals surface area contributed by atoms with Gasteiger partial charge in [0.1, 0.15) is 10.6 Å². The first-order chi connectivity index (χ1) is 9.25. The van der Waals surface area contributed by atoms with Gasteiger partial charge in [-0.05, 0) is 43.1 Å². The standard InChI is InChI=1S/C12H16FNO3S/c1-14-5-3-9-7-11(17-2)12(18(13,15)16)8-10(9)4-6-14/h7-8H,3-6H2,1-2H3/i3D,5D. The summed E-state index contributed by atoms with van der Waals surface area (Å²) in [5, 5.41) is 0. The maximum Gasteiger partial charge on any atom is 0.335 e. The van der Waals surface area contributed by atoms with Gasteiger partial charge in [-0.1, -0.05) is 0 Å². The van der Waals surface area contributed by atoms with Crippen molar-refractivity contribution in [3.63, 3.8) is 0 Å². The summed E-state index contributed by atoms with van der Waals surface area (Å²) in [6.45, 7) is -0.247. The van der Waals surface area contributed by atoms with E-state index >= 15 is 0 Å². The SMILES string of the molecule is [2H]C1c2cc(OC)c(S(=O)(=O)F)cc2CCN(C)C1[2H]. The number of halogens is 1. The molecule has 1 aromatic carbocycles. The van der Waals surface area contributed by atoms with E-state index in [2.05, 4.69) is 0 Å². The van der Waals surface area contributed by atoms with E-state index in [0.29, 0.717) is 24.1 Å². The van der Waals surface area contributed by atoms with Crippen LogP contribution >= 0.6 is 0 Å². The van der Waals surface area contributed by atoms with Crippen molar-refractivity contribution in [2.75, 3.05) is 27.2 Å². The molecule has 100 valence electrons. The first kappa shape index (κ1) is 10.8. The van der Waals surface area contributed by atoms with Gasteiger partial charge in [0.2, 0.25) is 0 Å². The molecule has 4 nitrogen and oxygen atoms in total. The summed E-state index contributed by atoms with van der Waals surface area (Å²) < 4.78 is 56.6. The molecule has 18 heavy (non-hydrogen) atoms. The van der Waals surface area contributed by atoms with E-state index < -0.39 is 28.0 Å². The van der Waals surface area contributed by atoms with Crippen LogP contribution in [-0.2, 0) is 23.0 Å². The molecule has 2 unspecified atom stereocenters. The van der Waals surface area contributed by atoms with E-state index in [0.717, 1.165) is 0 Å². The molecule has 0 fully saturated rings. The lowest BCUT2D eigenvalue weighted by molar-refractivity contribution is 0.352. The molecule has 1 heterocycles. The van der Waals surface area contributed by atoms with Crippen molar-refractivity contribution in [1.82, 2.24) is 4.90 Å². The highest BCUT2D eigenvalue weighted by atomic mass is 32.3. The summed E-state index contributed by atoms with van der Waals surface area (Å²) in [4.78, 5) is 1.19. The molecule has 0 radical (unpaired) electrons. The first-order valence-electron chi connectivity index (χ1n) is 6.61. The number of nitrogens with zero attached hydrogens (tertiary/aromatic N) is 1. The summed E-state index contributed by atoms with van der Waals surface area (Å²) in [6.07, 6.45) is -0.397. The van der Waals surface area contributed by atoms with Crippen LogP contribution in [0.25, 0.3) is 0 Å². The molecular formula is C12H16FNO3S. The van der Waals surface area contributed by atoms with Crippen molar-refractivity contribution in [1.29, 1.82) is 0 Å². The van der Waals surface area contributed by atoms with E-state index in [4.69, 9.17) is 7.48 Å². The van der Waals surface area contributed by atoms with Gasteiger partial charge >= 0.3 is 10.2 Å². The third kappa shape index (κ3) is 2.64. The molecule has 0 saturated carbocycles. The molecule has 0 N–H and O–H groups in total. The van der Waals surface area contributed by atoms with E-state index in [1.807, 2.05) is 0 Å². The lowest BCUT2D eigenvalue weighted by atomic mass is 10.0. The molecule has 0 saturated heterocycles. The number of benzene rings is 1. The average molecular weight is 275 g/mol. The Kier molecular flexibility index (Phi) is 2.90. The fourth-order valence-corrected chi connectivity index (χ4v) is 2.58. The van der Waals surface area contributed by atoms with Crippen molar-refractivity contribution in [3.8, 4) is 5.75 Å². The van der Waals surface area contributed by atoms with E-state index in [1.165, 1.54) is 19.2 Å². The number of likely N-dealkylation sites (N-methyl/N-ethyl adjacent to an activating group) is 1. The normalized spacial score (nSPS) is 26.8. The van der Waals surface area contributed by atoms with Crippen LogP contribution in [0.15, 0.2) is 17.0 Å². The van der Waals surface area contributed by atoms with Gasteiger partial charge < -0.3 is 9.64 Å². The van der Waals surface area contributed by atoms with Crippen LogP contribution in [0.2, 0.25) is 0 Å². The van der Waals surface area contributed by atoms with Gasteiger partial charge in [0.25, 0.3) is 0 Å². The van der Waals surface area contributed by atoms with Gasteiger partial charge in [-0.2, -0.15) is 8.42 Å². The molecular weight excluding hydrogens is 257 g/mol. The molecule has 0 spiro atoms. The van der Waals surface area contributed by atoms with Crippen molar-refractivity contribution in [2.45, 2.75) is 17.7 Å². The van der Waals surface area contributed by atoms with Gasteiger partial charge in [0.05, 0.1) is 7.11 Å². The number of methoxy groups -OCH3 is 1. The van der Waals surface area contributed by atoms with Gasteiger partial charge in [0, 0.05) is 15.8 Å². The Hall–Kier alpha value is -1.14. The highest BCUT2D eigenvalue weighted by Gasteiger charge is 2.22. The predicted molar refractivity (Wildman–Crippen MR) is 66.2 cm³/mol. The predicted octanol–water partition coefficient (Wildman–Crippen LogP) is 1.38. The summed E-state index contributed by atoms with van der Waals surface area (Å²) in [5.74, 6) is -0.125. The summed E-state index contributed by atoms with van der Waals surface area (Å²) in [6, 6.07) is 2.58. The molecule has 1 aliphatic heterocycles. The number of ether oxygens (including phenoxy) is 1. The minimum atomic E-state index is -4.88. The minimum Gasteiger partial charge on any atom is -0.495 e. The Labute approximate surface area is 109 Å². The van der Waals surface area contributed by atoms with E-state index in [-0.39, 0.29) is 5.75 Å². The Bertz CT molecular complexity index is 623. The zero-order valence-corrected chi connectivity index (χ0v) is 11.0. The molecule has 2 atom stereocenters. The maximum absolute atomic E-state index is 13.3. The third-order valence-corrected chi connectivity index (χ3v) is 3.77. The zero-order chi connectivity index (χ0) is 15.1. The average Bonchev–Trinajstić information content (AvgIpc) is 2.49. The van der Waals surface area contributed by atoms with Crippen LogP contribution in [0.5, 0.6) is 5.75 Å². The second-order valence-electron chi connectivity index (χ2n) is 4.19. The van der Waals surface area contributed by atoms with Gasteiger partial charge in [-0.25, -0.2) is 0 Å². The van der Waals surface area contributed by atoms with E-state index in [1.54, 1.807) is 11.9 Å². The Morgan fingerprint density at radius 2 is 2.17 bits per heavy atom. The molecule has 1 aliphatic rings. The molecule has 2 rings (SSSR count). The number of hydrogen-bond donors (Lipinski definition) is 0. The molecule has 1 aromatic rings. The topological polar surface area (TPSA) is 46.6 Å². The van der Waals surface area contributed by atoms with Gasteiger partial charge in [0.15, 0.2) is 0 Å². The van der Waals surface area contributed by atoms with Crippen LogP contribution in [0.4, 0.5) is 3.89 Å². The number of aryl methyl sites for hydroxylation is 1. The van der Waals surface area contributed by atoms with Crippen LogP contribution in [-0.4, -0.2) is 40.5 Å². The van der Waals surface area contributed by atoms with Gasteiger partial charge in [-0.15, -0.1) is 3.89 Å². The molecule has 0 aliphatic carbocycles. The highest BCUT2D eigenvalue weighted by molar-refractivity contribution is 7.86. The monoisotopic (exact) mass is 275 g/mol. The Balaban J connectivity index is 2.63. The van der Waals surface area contributed by atoms with Crippen LogP contribution in [0.3, 0.4) is 0 Å². The second-order valence-corrected chi connectivity index (χ2v) is 5.50. The fourth-order valence-electron chi connectivity index (χ4n) is 1.92. The van der Waals surface area contributed by atoms with Crippen molar-refractivity contribution < 1.29 is 19.8 Å². The number of fused-ring (bicyclic) bond motifs is 1. The largest absolute Gasteiger partial charge is 0.495 e. The summed E-state index contributed by atoms with van der Waals surface area (Å²) >= 11 is 0. The first-order valence-corrected chi connectivity index (χ1v) is 6.84. The van der Waals surface area contributed by atoms with Crippen LogP contribution in [0.1, 0.15) is 13.9 Å². The number of hydrogen-bond acceptors (Lipinski definition) is 4. The second kappa shape index (κ2) is 4.85. The smallest absolute Gasteiger partial charge is 0.335 e. The maximum atomic E-state index is 13.3. The Morgan fingerprint density at radius 1 is 1.44 bits per heavy atom. The molecule has 0 amide bonds. The summed E-state index contributed by atoms with van der Waals surface area (Å²) in [5.41, 5.74) is 1.09. The molecule has 0 aromatic heterocycles. The molecule has 6 heteroatoms. The number of rotatable bonds is 2. The zero-order valence-electron chi connectivity index (χ0n) is 12.2. The van der Waals surface area contributed by atoms with Crippen LogP contribution in [0, 0.1) is 0 Å². The lowest BCUT2D eigenvalue weighted by Crippen LogP contribution is -2.20. The lowest BCUT2D eigenvalue weighted by Gasteiger charge is -2.11.